The number of ether oxygens (including phenoxy) is 1. The molecule has 23 heavy (non-hydrogen) atoms. The number of methoxy groups -OCH3 is 1. The molecule has 1 fully saturated rings. The number of likely N-dealkylation sites (tertiary alicyclic amines) is 1. The van der Waals surface area contributed by atoms with E-state index in [0.29, 0.717) is 11.8 Å². The van der Waals surface area contributed by atoms with Gasteiger partial charge in [-0.3, -0.25) is 9.69 Å². The van der Waals surface area contributed by atoms with Gasteiger partial charge in [0, 0.05) is 38.1 Å². The molecule has 2 aromatic rings. The van der Waals surface area contributed by atoms with Crippen molar-refractivity contribution in [1.29, 1.82) is 0 Å². The maximum Gasteiger partial charge on any atom is 0.250 e. The highest BCUT2D eigenvalue weighted by Crippen LogP contribution is 2.27. The van der Waals surface area contributed by atoms with Gasteiger partial charge in [-0.05, 0) is 49.0 Å². The first-order chi connectivity index (χ1) is 11.2. The van der Waals surface area contributed by atoms with Crippen LogP contribution < -0.4 is 10.3 Å². The Hall–Kier alpha value is -2.14. The normalized spacial score (nSPS) is 16.4. The number of aryl methyl sites for hydroxylation is 1. The average molecular weight is 313 g/mol. The van der Waals surface area contributed by atoms with Gasteiger partial charge in [0.15, 0.2) is 0 Å². The molecule has 0 N–H and O–H groups in total. The van der Waals surface area contributed by atoms with Crippen molar-refractivity contribution in [3.63, 3.8) is 0 Å². The number of aromatic nitrogens is 2. The molecule has 1 saturated heterocycles. The van der Waals surface area contributed by atoms with E-state index >= 15 is 0 Å². The minimum absolute atomic E-state index is 0.0780. The maximum atomic E-state index is 11.8. The summed E-state index contributed by atoms with van der Waals surface area (Å²) in [5, 5.41) is 0. The van der Waals surface area contributed by atoms with Gasteiger partial charge in [0.05, 0.1) is 7.11 Å². The zero-order valence-corrected chi connectivity index (χ0v) is 13.7. The van der Waals surface area contributed by atoms with Crippen molar-refractivity contribution >= 4 is 0 Å². The van der Waals surface area contributed by atoms with Gasteiger partial charge in [-0.15, -0.1) is 0 Å². The van der Waals surface area contributed by atoms with E-state index in [-0.39, 0.29) is 5.56 Å². The monoisotopic (exact) mass is 313 g/mol. The predicted molar refractivity (Wildman–Crippen MR) is 89.7 cm³/mol. The Labute approximate surface area is 136 Å². The molecule has 0 amide bonds. The molecule has 5 nitrogen and oxygen atoms in total. The van der Waals surface area contributed by atoms with Crippen molar-refractivity contribution in [2.75, 3.05) is 20.2 Å². The molecule has 122 valence electrons. The Kier molecular flexibility index (Phi) is 4.76. The second-order valence-corrected chi connectivity index (χ2v) is 6.17. The largest absolute Gasteiger partial charge is 0.481 e. The highest BCUT2D eigenvalue weighted by molar-refractivity contribution is 5.19. The zero-order valence-electron chi connectivity index (χ0n) is 13.7. The van der Waals surface area contributed by atoms with Crippen molar-refractivity contribution in [2.45, 2.75) is 25.3 Å². The summed E-state index contributed by atoms with van der Waals surface area (Å²) < 4.78 is 6.71. The molecule has 0 aromatic carbocycles. The number of pyridine rings is 2. The summed E-state index contributed by atoms with van der Waals surface area (Å²) in [7, 11) is 3.42. The molecule has 5 heteroatoms. The van der Waals surface area contributed by atoms with Crippen LogP contribution in [0.5, 0.6) is 5.88 Å². The van der Waals surface area contributed by atoms with E-state index in [2.05, 4.69) is 22.0 Å². The fourth-order valence-corrected chi connectivity index (χ4v) is 3.13. The van der Waals surface area contributed by atoms with E-state index in [1.807, 2.05) is 18.5 Å². The lowest BCUT2D eigenvalue weighted by molar-refractivity contribution is 0.204. The number of hydrogen-bond donors (Lipinski definition) is 0. The predicted octanol–water partition coefficient (Wildman–Crippen LogP) is 2.17. The summed E-state index contributed by atoms with van der Waals surface area (Å²) in [5.41, 5.74) is 2.46. The van der Waals surface area contributed by atoms with Crippen molar-refractivity contribution in [1.82, 2.24) is 14.5 Å². The molecule has 2 aromatic heterocycles. The molecule has 3 rings (SSSR count). The van der Waals surface area contributed by atoms with Crippen LogP contribution in [0, 0.1) is 0 Å². The Morgan fingerprint density at radius 2 is 2.04 bits per heavy atom. The van der Waals surface area contributed by atoms with E-state index in [4.69, 9.17) is 4.74 Å². The minimum atomic E-state index is 0.0780. The number of rotatable bonds is 4. The Morgan fingerprint density at radius 1 is 1.26 bits per heavy atom. The zero-order chi connectivity index (χ0) is 16.2. The van der Waals surface area contributed by atoms with Crippen molar-refractivity contribution < 1.29 is 4.74 Å². The van der Waals surface area contributed by atoms with E-state index < -0.39 is 0 Å². The maximum absolute atomic E-state index is 11.8. The molecule has 0 bridgehead atoms. The van der Waals surface area contributed by atoms with Crippen LogP contribution in [0.25, 0.3) is 0 Å². The van der Waals surface area contributed by atoms with Gasteiger partial charge in [0.1, 0.15) is 0 Å². The summed E-state index contributed by atoms with van der Waals surface area (Å²) in [6.45, 7) is 3.01. The summed E-state index contributed by atoms with van der Waals surface area (Å²) in [4.78, 5) is 18.5. The molecule has 3 heterocycles. The fraction of sp³-hybridized carbons (Fsp3) is 0.444. The van der Waals surface area contributed by atoms with Crippen molar-refractivity contribution in [2.24, 2.45) is 7.05 Å². The molecule has 0 atom stereocenters. The first-order valence-corrected chi connectivity index (χ1v) is 8.03. The second-order valence-electron chi connectivity index (χ2n) is 6.17. The lowest BCUT2D eigenvalue weighted by Gasteiger charge is -2.32. The van der Waals surface area contributed by atoms with Crippen LogP contribution in [-0.2, 0) is 13.6 Å². The molecular weight excluding hydrogens is 290 g/mol. The van der Waals surface area contributed by atoms with Crippen molar-refractivity contribution in [3.8, 4) is 5.88 Å². The van der Waals surface area contributed by atoms with Gasteiger partial charge in [-0.2, -0.15) is 0 Å². The molecular formula is C18H23N3O2. The molecule has 0 spiro atoms. The van der Waals surface area contributed by atoms with E-state index in [9.17, 15) is 4.79 Å². The minimum Gasteiger partial charge on any atom is -0.481 e. The van der Waals surface area contributed by atoms with Gasteiger partial charge in [-0.25, -0.2) is 4.98 Å². The highest BCUT2D eigenvalue weighted by atomic mass is 16.5. The van der Waals surface area contributed by atoms with Crippen LogP contribution in [0.4, 0.5) is 0 Å². The van der Waals surface area contributed by atoms with E-state index in [0.717, 1.165) is 32.5 Å². The summed E-state index contributed by atoms with van der Waals surface area (Å²) in [5.74, 6) is 1.15. The third-order valence-electron chi connectivity index (χ3n) is 4.60. The molecule has 0 saturated carbocycles. The van der Waals surface area contributed by atoms with Gasteiger partial charge < -0.3 is 9.30 Å². The average Bonchev–Trinajstić information content (AvgIpc) is 2.59. The fourth-order valence-electron chi connectivity index (χ4n) is 3.13. The number of nitrogens with zero attached hydrogens (tertiary/aromatic N) is 3. The van der Waals surface area contributed by atoms with Gasteiger partial charge in [0.25, 0.3) is 5.56 Å². The molecule has 1 aliphatic rings. The molecule has 0 unspecified atom stereocenters. The first-order valence-electron chi connectivity index (χ1n) is 8.03. The van der Waals surface area contributed by atoms with Crippen LogP contribution >= 0.6 is 0 Å². The topological polar surface area (TPSA) is 47.4 Å². The van der Waals surface area contributed by atoms with Crippen LogP contribution in [0.1, 0.15) is 29.9 Å². The van der Waals surface area contributed by atoms with Gasteiger partial charge in [-0.1, -0.05) is 6.07 Å². The smallest absolute Gasteiger partial charge is 0.250 e. The number of hydrogen-bond acceptors (Lipinski definition) is 4. The SMILES string of the molecule is COc1ccc(CN2CCC(c3ccn(C)c(=O)c3)CC2)cn1. The third kappa shape index (κ3) is 3.79. The summed E-state index contributed by atoms with van der Waals surface area (Å²) >= 11 is 0. The lowest BCUT2D eigenvalue weighted by atomic mass is 9.90. The summed E-state index contributed by atoms with van der Waals surface area (Å²) in [6, 6.07) is 7.84. The summed E-state index contributed by atoms with van der Waals surface area (Å²) in [6.07, 6.45) is 5.94. The Morgan fingerprint density at radius 3 is 2.65 bits per heavy atom. The lowest BCUT2D eigenvalue weighted by Crippen LogP contribution is -2.32. The standard InChI is InChI=1S/C18H23N3O2/c1-20-8-5-16(11-18(20)22)15-6-9-21(10-7-15)13-14-3-4-17(23-2)19-12-14/h3-5,8,11-12,15H,6-7,9-10,13H2,1-2H3. The van der Waals surface area contributed by atoms with Gasteiger partial charge in [0.2, 0.25) is 5.88 Å². The second kappa shape index (κ2) is 6.96. The Balaban J connectivity index is 1.57. The van der Waals surface area contributed by atoms with E-state index in [1.165, 1.54) is 11.1 Å². The third-order valence-corrected chi connectivity index (χ3v) is 4.60. The first kappa shape index (κ1) is 15.7. The molecule has 0 aliphatic carbocycles. The van der Waals surface area contributed by atoms with Crippen molar-refractivity contribution in [3.05, 3.63) is 58.1 Å². The van der Waals surface area contributed by atoms with Crippen LogP contribution in [0.15, 0.2) is 41.5 Å². The Bertz CT molecular complexity index is 701. The van der Waals surface area contributed by atoms with Crippen LogP contribution in [0.2, 0.25) is 0 Å². The molecule has 1 aliphatic heterocycles. The number of piperidine rings is 1. The highest BCUT2D eigenvalue weighted by Gasteiger charge is 2.21. The van der Waals surface area contributed by atoms with E-state index in [1.54, 1.807) is 24.8 Å². The van der Waals surface area contributed by atoms with Gasteiger partial charge >= 0.3 is 0 Å². The molecule has 0 radical (unpaired) electrons. The quantitative estimate of drug-likeness (QED) is 0.868. The van der Waals surface area contributed by atoms with Crippen LogP contribution in [0.3, 0.4) is 0 Å². The van der Waals surface area contributed by atoms with Crippen LogP contribution in [-0.4, -0.2) is 34.7 Å².